The first-order chi connectivity index (χ1) is 10.5. The Hall–Kier alpha value is -3.36. The van der Waals surface area contributed by atoms with Crippen molar-refractivity contribution in [2.45, 2.75) is 6.92 Å². The van der Waals surface area contributed by atoms with E-state index in [0.29, 0.717) is 5.71 Å². The molecule has 1 aromatic heterocycles. The minimum atomic E-state index is -0.704. The standard InChI is InChI=1S/C13H11N5O4/c1-9(10-3-2-6-14-8-10)15-16-12-5-4-11(17(19)20)7-13(12)18(21)22/h2-8,16H,1H3/b15-9-. The van der Waals surface area contributed by atoms with E-state index in [9.17, 15) is 20.2 Å². The maximum absolute atomic E-state index is 11.0. The van der Waals surface area contributed by atoms with Crippen LogP contribution in [0.5, 0.6) is 0 Å². The third kappa shape index (κ3) is 3.39. The van der Waals surface area contributed by atoms with Gasteiger partial charge in [-0.05, 0) is 19.1 Å². The smallest absolute Gasteiger partial charge is 0.271 e. The first-order valence-electron chi connectivity index (χ1n) is 6.12. The van der Waals surface area contributed by atoms with E-state index in [2.05, 4.69) is 15.5 Å². The first kappa shape index (κ1) is 15.0. The molecule has 9 nitrogen and oxygen atoms in total. The Balaban J connectivity index is 2.30. The molecule has 0 aliphatic carbocycles. The molecule has 0 atom stereocenters. The van der Waals surface area contributed by atoms with Crippen molar-refractivity contribution < 1.29 is 9.85 Å². The number of hydrogen-bond donors (Lipinski definition) is 1. The maximum atomic E-state index is 11.0. The number of pyridine rings is 1. The molecule has 0 amide bonds. The van der Waals surface area contributed by atoms with Crippen LogP contribution in [0.1, 0.15) is 12.5 Å². The maximum Gasteiger partial charge on any atom is 0.301 e. The van der Waals surface area contributed by atoms with Crippen molar-refractivity contribution in [3.8, 4) is 0 Å². The van der Waals surface area contributed by atoms with Crippen LogP contribution in [0.25, 0.3) is 0 Å². The number of nitrogens with one attached hydrogen (secondary N) is 1. The highest BCUT2D eigenvalue weighted by molar-refractivity contribution is 5.98. The SMILES string of the molecule is C/C(=N/Nc1ccc([N+](=O)[O-])cc1[N+](=O)[O-])c1cccnc1. The van der Waals surface area contributed by atoms with Crippen molar-refractivity contribution in [2.24, 2.45) is 5.10 Å². The summed E-state index contributed by atoms with van der Waals surface area (Å²) in [5, 5.41) is 25.7. The lowest BCUT2D eigenvalue weighted by atomic mass is 10.2. The molecule has 1 heterocycles. The van der Waals surface area contributed by atoms with Crippen LogP contribution in [-0.4, -0.2) is 20.5 Å². The van der Waals surface area contributed by atoms with Gasteiger partial charge in [0.25, 0.3) is 5.69 Å². The minimum absolute atomic E-state index is 0.0684. The minimum Gasteiger partial charge on any atom is -0.271 e. The quantitative estimate of drug-likeness (QED) is 0.514. The second kappa shape index (κ2) is 6.39. The Morgan fingerprint density at radius 3 is 2.59 bits per heavy atom. The number of non-ortho nitro benzene ring substituents is 1. The van der Waals surface area contributed by atoms with Crippen molar-refractivity contribution in [1.82, 2.24) is 4.98 Å². The van der Waals surface area contributed by atoms with E-state index in [1.54, 1.807) is 31.5 Å². The number of nitro groups is 2. The van der Waals surface area contributed by atoms with Crippen molar-refractivity contribution in [3.05, 3.63) is 68.5 Å². The molecule has 0 spiro atoms. The second-order valence-corrected chi connectivity index (χ2v) is 4.27. The molecule has 0 fully saturated rings. The van der Waals surface area contributed by atoms with E-state index in [1.807, 2.05) is 0 Å². The lowest BCUT2D eigenvalue weighted by Gasteiger charge is -2.04. The van der Waals surface area contributed by atoms with Gasteiger partial charge in [0.2, 0.25) is 0 Å². The number of rotatable bonds is 5. The summed E-state index contributed by atoms with van der Waals surface area (Å²) in [5.74, 6) is 0. The van der Waals surface area contributed by atoms with Gasteiger partial charge in [-0.1, -0.05) is 6.07 Å². The van der Waals surface area contributed by atoms with Crippen LogP contribution in [0.3, 0.4) is 0 Å². The van der Waals surface area contributed by atoms with Crippen LogP contribution >= 0.6 is 0 Å². The number of nitro benzene ring substituents is 2. The van der Waals surface area contributed by atoms with Gasteiger partial charge in [0, 0.05) is 24.0 Å². The number of anilines is 1. The summed E-state index contributed by atoms with van der Waals surface area (Å²) in [4.78, 5) is 24.2. The van der Waals surface area contributed by atoms with Gasteiger partial charge < -0.3 is 0 Å². The number of hydrazone groups is 1. The second-order valence-electron chi connectivity index (χ2n) is 4.27. The summed E-state index contributed by atoms with van der Waals surface area (Å²) < 4.78 is 0. The molecule has 0 bridgehead atoms. The summed E-state index contributed by atoms with van der Waals surface area (Å²) in [6.07, 6.45) is 3.22. The molecule has 0 unspecified atom stereocenters. The molecular weight excluding hydrogens is 290 g/mol. The first-order valence-corrected chi connectivity index (χ1v) is 6.12. The van der Waals surface area contributed by atoms with Crippen LogP contribution in [0, 0.1) is 20.2 Å². The Morgan fingerprint density at radius 2 is 2.00 bits per heavy atom. The summed E-state index contributed by atoms with van der Waals surface area (Å²) in [7, 11) is 0. The molecule has 0 aliphatic rings. The van der Waals surface area contributed by atoms with Gasteiger partial charge in [-0.15, -0.1) is 0 Å². The van der Waals surface area contributed by atoms with Gasteiger partial charge in [-0.2, -0.15) is 5.10 Å². The topological polar surface area (TPSA) is 124 Å². The molecule has 0 saturated carbocycles. The molecular formula is C13H11N5O4. The highest BCUT2D eigenvalue weighted by atomic mass is 16.6. The Labute approximate surface area is 124 Å². The van der Waals surface area contributed by atoms with Crippen LogP contribution in [0.4, 0.5) is 17.1 Å². The fourth-order valence-corrected chi connectivity index (χ4v) is 1.66. The summed E-state index contributed by atoms with van der Waals surface area (Å²) in [5.41, 5.74) is 3.17. The van der Waals surface area contributed by atoms with Crippen LogP contribution < -0.4 is 5.43 Å². The predicted molar refractivity (Wildman–Crippen MR) is 79.8 cm³/mol. The number of hydrogen-bond acceptors (Lipinski definition) is 7. The van der Waals surface area contributed by atoms with Gasteiger partial charge in [-0.3, -0.25) is 30.6 Å². The van der Waals surface area contributed by atoms with Crippen LogP contribution in [0.15, 0.2) is 47.8 Å². The van der Waals surface area contributed by atoms with Gasteiger partial charge >= 0.3 is 5.69 Å². The zero-order chi connectivity index (χ0) is 16.1. The number of nitrogens with zero attached hydrogens (tertiary/aromatic N) is 4. The molecule has 0 aliphatic heterocycles. The summed E-state index contributed by atoms with van der Waals surface area (Å²) >= 11 is 0. The molecule has 1 N–H and O–H groups in total. The fourth-order valence-electron chi connectivity index (χ4n) is 1.66. The molecule has 112 valence electrons. The summed E-state index contributed by atoms with van der Waals surface area (Å²) in [6, 6.07) is 6.83. The normalized spacial score (nSPS) is 11.0. The monoisotopic (exact) mass is 301 g/mol. The van der Waals surface area contributed by atoms with E-state index in [4.69, 9.17) is 0 Å². The number of benzene rings is 1. The molecule has 1 aromatic carbocycles. The van der Waals surface area contributed by atoms with Gasteiger partial charge in [0.1, 0.15) is 5.69 Å². The Bertz CT molecular complexity index is 745. The Kier molecular flexibility index (Phi) is 4.37. The van der Waals surface area contributed by atoms with E-state index in [0.717, 1.165) is 11.6 Å². The molecule has 9 heteroatoms. The van der Waals surface area contributed by atoms with Crippen LogP contribution in [0.2, 0.25) is 0 Å². The van der Waals surface area contributed by atoms with E-state index >= 15 is 0 Å². The lowest BCUT2D eigenvalue weighted by molar-refractivity contribution is -0.393. The van der Waals surface area contributed by atoms with E-state index in [-0.39, 0.29) is 11.4 Å². The predicted octanol–water partition coefficient (Wildman–Crippen LogP) is 2.73. The van der Waals surface area contributed by atoms with Gasteiger partial charge in [0.15, 0.2) is 0 Å². The van der Waals surface area contributed by atoms with Gasteiger partial charge in [-0.25, -0.2) is 0 Å². The molecule has 2 rings (SSSR count). The van der Waals surface area contributed by atoms with E-state index < -0.39 is 15.5 Å². The summed E-state index contributed by atoms with van der Waals surface area (Å²) in [6.45, 7) is 1.71. The zero-order valence-electron chi connectivity index (χ0n) is 11.5. The van der Waals surface area contributed by atoms with Crippen molar-refractivity contribution in [1.29, 1.82) is 0 Å². The van der Waals surface area contributed by atoms with Crippen LogP contribution in [-0.2, 0) is 0 Å². The van der Waals surface area contributed by atoms with Crippen molar-refractivity contribution in [3.63, 3.8) is 0 Å². The van der Waals surface area contributed by atoms with Crippen molar-refractivity contribution >= 4 is 22.8 Å². The third-order valence-electron chi connectivity index (χ3n) is 2.81. The van der Waals surface area contributed by atoms with Gasteiger partial charge in [0.05, 0.1) is 21.6 Å². The van der Waals surface area contributed by atoms with Crippen molar-refractivity contribution in [2.75, 3.05) is 5.43 Å². The average Bonchev–Trinajstić information content (AvgIpc) is 2.53. The molecule has 22 heavy (non-hydrogen) atoms. The zero-order valence-corrected chi connectivity index (χ0v) is 11.5. The lowest BCUT2D eigenvalue weighted by Crippen LogP contribution is -2.02. The highest BCUT2D eigenvalue weighted by Gasteiger charge is 2.19. The average molecular weight is 301 g/mol. The largest absolute Gasteiger partial charge is 0.301 e. The molecule has 0 saturated heterocycles. The molecule has 2 aromatic rings. The Morgan fingerprint density at radius 1 is 1.23 bits per heavy atom. The third-order valence-corrected chi connectivity index (χ3v) is 2.81. The highest BCUT2D eigenvalue weighted by Crippen LogP contribution is 2.28. The van der Waals surface area contributed by atoms with E-state index in [1.165, 1.54) is 12.1 Å². The molecule has 0 radical (unpaired) electrons. The fraction of sp³-hybridized carbons (Fsp3) is 0.0769. The number of aromatic nitrogens is 1.